The monoisotopic (exact) mass is 256 g/mol. The van der Waals surface area contributed by atoms with E-state index in [1.807, 2.05) is 6.92 Å². The van der Waals surface area contributed by atoms with Crippen LogP contribution in [0.4, 0.5) is 0 Å². The van der Waals surface area contributed by atoms with Gasteiger partial charge in [-0.05, 0) is 45.7 Å². The van der Waals surface area contributed by atoms with E-state index < -0.39 is 5.60 Å². The van der Waals surface area contributed by atoms with Gasteiger partial charge in [-0.3, -0.25) is 4.79 Å². The average Bonchev–Trinajstić information content (AvgIpc) is 2.84. The van der Waals surface area contributed by atoms with Gasteiger partial charge in [-0.2, -0.15) is 0 Å². The first kappa shape index (κ1) is 13.8. The van der Waals surface area contributed by atoms with Crippen LogP contribution in [0.1, 0.15) is 32.6 Å². The Morgan fingerprint density at radius 1 is 1.50 bits per heavy atom. The fraction of sp³-hybridized carbons (Fsp3) is 0.923. The standard InChI is InChI=1S/C13H24N2O3/c1-13(5-2-9-18-13)12(16)15-8-10-17-11-3-6-14-7-4-11/h11,14H,2-10H2,1H3,(H,15,16). The highest BCUT2D eigenvalue weighted by Gasteiger charge is 2.37. The molecule has 1 amide bonds. The number of carbonyl (C=O) groups excluding carboxylic acids is 1. The van der Waals surface area contributed by atoms with Gasteiger partial charge in [-0.1, -0.05) is 0 Å². The number of hydrogen-bond acceptors (Lipinski definition) is 4. The molecule has 0 spiro atoms. The van der Waals surface area contributed by atoms with Crippen molar-refractivity contribution < 1.29 is 14.3 Å². The van der Waals surface area contributed by atoms with Gasteiger partial charge in [0.05, 0.1) is 12.7 Å². The quantitative estimate of drug-likeness (QED) is 0.701. The average molecular weight is 256 g/mol. The molecule has 0 aliphatic carbocycles. The Morgan fingerprint density at radius 2 is 2.28 bits per heavy atom. The molecule has 1 atom stereocenters. The Kier molecular flexibility index (Phi) is 4.97. The maximum absolute atomic E-state index is 11.9. The summed E-state index contributed by atoms with van der Waals surface area (Å²) in [4.78, 5) is 11.9. The number of ether oxygens (including phenoxy) is 2. The summed E-state index contributed by atoms with van der Waals surface area (Å²) in [7, 11) is 0. The third-order valence-electron chi connectivity index (χ3n) is 3.73. The lowest BCUT2D eigenvalue weighted by atomic mass is 10.0. The summed E-state index contributed by atoms with van der Waals surface area (Å²) in [6, 6.07) is 0. The lowest BCUT2D eigenvalue weighted by Crippen LogP contribution is -2.45. The maximum atomic E-state index is 11.9. The molecule has 18 heavy (non-hydrogen) atoms. The molecular formula is C13H24N2O3. The number of nitrogens with one attached hydrogen (secondary N) is 2. The largest absolute Gasteiger partial charge is 0.376 e. The van der Waals surface area contributed by atoms with Crippen LogP contribution in [0.25, 0.3) is 0 Å². The third kappa shape index (κ3) is 3.67. The Bertz CT molecular complexity index is 271. The summed E-state index contributed by atoms with van der Waals surface area (Å²) in [5, 5.41) is 6.20. The van der Waals surface area contributed by atoms with Crippen LogP contribution in [-0.4, -0.2) is 50.5 Å². The van der Waals surface area contributed by atoms with Crippen molar-refractivity contribution in [3.8, 4) is 0 Å². The zero-order valence-electron chi connectivity index (χ0n) is 11.2. The molecule has 0 bridgehead atoms. The first-order valence-corrected chi connectivity index (χ1v) is 6.95. The molecule has 2 N–H and O–H groups in total. The van der Waals surface area contributed by atoms with Gasteiger partial charge in [0.25, 0.3) is 5.91 Å². The van der Waals surface area contributed by atoms with Crippen molar-refractivity contribution in [3.05, 3.63) is 0 Å². The van der Waals surface area contributed by atoms with Crippen LogP contribution < -0.4 is 10.6 Å². The van der Waals surface area contributed by atoms with Crippen LogP contribution >= 0.6 is 0 Å². The molecule has 2 aliphatic heterocycles. The van der Waals surface area contributed by atoms with Crippen molar-refractivity contribution in [2.75, 3.05) is 32.8 Å². The van der Waals surface area contributed by atoms with Crippen LogP contribution in [-0.2, 0) is 14.3 Å². The SMILES string of the molecule is CC1(C(=O)NCCOC2CCNCC2)CCCO1. The first-order chi connectivity index (χ1) is 8.71. The smallest absolute Gasteiger partial charge is 0.252 e. The highest BCUT2D eigenvalue weighted by Crippen LogP contribution is 2.24. The molecule has 2 fully saturated rings. The van der Waals surface area contributed by atoms with Gasteiger partial charge in [0.1, 0.15) is 5.60 Å². The molecule has 0 radical (unpaired) electrons. The lowest BCUT2D eigenvalue weighted by Gasteiger charge is -2.24. The molecule has 2 rings (SSSR count). The van der Waals surface area contributed by atoms with Gasteiger partial charge in [-0.25, -0.2) is 0 Å². The summed E-state index contributed by atoms with van der Waals surface area (Å²) in [6.45, 7) is 5.78. The van der Waals surface area contributed by atoms with E-state index in [-0.39, 0.29) is 5.91 Å². The second-order valence-electron chi connectivity index (χ2n) is 5.26. The number of hydrogen-bond donors (Lipinski definition) is 2. The fourth-order valence-corrected chi connectivity index (χ4v) is 2.50. The second-order valence-corrected chi connectivity index (χ2v) is 5.26. The fourth-order valence-electron chi connectivity index (χ4n) is 2.50. The summed E-state index contributed by atoms with van der Waals surface area (Å²) in [5.41, 5.74) is -0.616. The molecule has 104 valence electrons. The Hall–Kier alpha value is -0.650. The van der Waals surface area contributed by atoms with E-state index in [2.05, 4.69) is 10.6 Å². The van der Waals surface area contributed by atoms with Crippen molar-refractivity contribution >= 4 is 5.91 Å². The van der Waals surface area contributed by atoms with Crippen molar-refractivity contribution in [2.45, 2.75) is 44.3 Å². The van der Waals surface area contributed by atoms with Crippen LogP contribution in [0.5, 0.6) is 0 Å². The number of amides is 1. The highest BCUT2D eigenvalue weighted by atomic mass is 16.5. The number of piperidine rings is 1. The first-order valence-electron chi connectivity index (χ1n) is 6.95. The molecule has 5 nitrogen and oxygen atoms in total. The lowest BCUT2D eigenvalue weighted by molar-refractivity contribution is -0.139. The summed E-state index contributed by atoms with van der Waals surface area (Å²) >= 11 is 0. The van der Waals surface area contributed by atoms with Crippen LogP contribution in [0, 0.1) is 0 Å². The van der Waals surface area contributed by atoms with Gasteiger partial charge < -0.3 is 20.1 Å². The van der Waals surface area contributed by atoms with Crippen molar-refractivity contribution in [2.24, 2.45) is 0 Å². The minimum absolute atomic E-state index is 0.00564. The molecule has 2 saturated heterocycles. The van der Waals surface area contributed by atoms with Gasteiger partial charge in [0.2, 0.25) is 0 Å². The molecule has 0 aromatic carbocycles. The minimum Gasteiger partial charge on any atom is -0.376 e. The minimum atomic E-state index is -0.616. The van der Waals surface area contributed by atoms with E-state index in [1.54, 1.807) is 0 Å². The van der Waals surface area contributed by atoms with Crippen molar-refractivity contribution in [1.29, 1.82) is 0 Å². The van der Waals surface area contributed by atoms with Crippen LogP contribution in [0.2, 0.25) is 0 Å². The van der Waals surface area contributed by atoms with Crippen LogP contribution in [0.15, 0.2) is 0 Å². The van der Waals surface area contributed by atoms with Crippen molar-refractivity contribution in [3.63, 3.8) is 0 Å². The second kappa shape index (κ2) is 6.50. The Morgan fingerprint density at radius 3 is 2.94 bits per heavy atom. The van der Waals surface area contributed by atoms with Gasteiger partial charge in [0, 0.05) is 13.2 Å². The molecule has 0 aromatic rings. The van der Waals surface area contributed by atoms with E-state index in [4.69, 9.17) is 9.47 Å². The van der Waals surface area contributed by atoms with Gasteiger partial charge in [0.15, 0.2) is 0 Å². The molecule has 0 aromatic heterocycles. The zero-order chi connectivity index (χ0) is 12.8. The topological polar surface area (TPSA) is 59.6 Å². The van der Waals surface area contributed by atoms with E-state index in [0.29, 0.717) is 25.9 Å². The normalized spacial score (nSPS) is 29.4. The number of rotatable bonds is 5. The third-order valence-corrected chi connectivity index (χ3v) is 3.73. The summed E-state index contributed by atoms with van der Waals surface area (Å²) < 4.78 is 11.2. The van der Waals surface area contributed by atoms with E-state index in [0.717, 1.165) is 38.8 Å². The molecule has 0 saturated carbocycles. The van der Waals surface area contributed by atoms with Crippen LogP contribution in [0.3, 0.4) is 0 Å². The predicted octanol–water partition coefficient (Wildman–Crippen LogP) is 0.440. The van der Waals surface area contributed by atoms with E-state index in [1.165, 1.54) is 0 Å². The van der Waals surface area contributed by atoms with Gasteiger partial charge >= 0.3 is 0 Å². The Labute approximate surface area is 109 Å². The van der Waals surface area contributed by atoms with Crippen molar-refractivity contribution in [1.82, 2.24) is 10.6 Å². The van der Waals surface area contributed by atoms with E-state index >= 15 is 0 Å². The molecule has 1 unspecified atom stereocenters. The molecule has 2 aliphatic rings. The summed E-state index contributed by atoms with van der Waals surface area (Å²) in [6.07, 6.45) is 4.26. The number of carbonyl (C=O) groups is 1. The Balaban J connectivity index is 1.58. The highest BCUT2D eigenvalue weighted by molar-refractivity contribution is 5.84. The van der Waals surface area contributed by atoms with Gasteiger partial charge in [-0.15, -0.1) is 0 Å². The molecule has 2 heterocycles. The zero-order valence-corrected chi connectivity index (χ0v) is 11.2. The summed E-state index contributed by atoms with van der Waals surface area (Å²) in [5.74, 6) is -0.00564. The predicted molar refractivity (Wildman–Crippen MR) is 68.4 cm³/mol. The maximum Gasteiger partial charge on any atom is 0.252 e. The van der Waals surface area contributed by atoms with E-state index in [9.17, 15) is 4.79 Å². The molecule has 5 heteroatoms. The molecular weight excluding hydrogens is 232 g/mol.